The van der Waals surface area contributed by atoms with Crippen molar-refractivity contribution in [2.75, 3.05) is 0 Å². The van der Waals surface area contributed by atoms with E-state index in [0.29, 0.717) is 30.4 Å². The molecule has 6 rings (SSSR count). The molecule has 1 N–H and O–H groups in total. The van der Waals surface area contributed by atoms with Crippen LogP contribution in [0.15, 0.2) is 53.4 Å². The highest BCUT2D eigenvalue weighted by atomic mass is 32.2. The number of hydrogen-bond acceptors (Lipinski definition) is 4. The predicted molar refractivity (Wildman–Crippen MR) is 136 cm³/mol. The van der Waals surface area contributed by atoms with Crippen molar-refractivity contribution < 1.29 is 30.6 Å². The number of carbonyl (C=O) groups excluding carboxylic acids is 1. The molecule has 4 fully saturated rings. The third-order valence-corrected chi connectivity index (χ3v) is 9.47. The van der Waals surface area contributed by atoms with Gasteiger partial charge in [-0.3, -0.25) is 0 Å². The summed E-state index contributed by atoms with van der Waals surface area (Å²) in [6.07, 6.45) is 2.38. The zero-order chi connectivity index (χ0) is 27.3. The molecule has 4 aliphatic rings. The molecule has 10 heteroatoms. The van der Waals surface area contributed by atoms with E-state index in [1.165, 1.54) is 31.4 Å². The lowest BCUT2D eigenvalue weighted by Gasteiger charge is -2.57. The van der Waals surface area contributed by atoms with Gasteiger partial charge in [-0.05, 0) is 106 Å². The summed E-state index contributed by atoms with van der Waals surface area (Å²) in [6, 6.07) is 9.48. The number of rotatable bonds is 7. The minimum Gasteiger partial charge on any atom is -0.379 e. The van der Waals surface area contributed by atoms with Crippen molar-refractivity contribution in [3.05, 3.63) is 59.7 Å². The van der Waals surface area contributed by atoms with Gasteiger partial charge >= 0.3 is 22.3 Å². The summed E-state index contributed by atoms with van der Waals surface area (Å²) in [6.45, 7) is 4.24. The highest BCUT2D eigenvalue weighted by Crippen LogP contribution is 2.55. The Hall–Kier alpha value is -2.75. The van der Waals surface area contributed by atoms with E-state index in [-0.39, 0.29) is 23.4 Å². The molecule has 0 saturated heterocycles. The van der Waals surface area contributed by atoms with Crippen LogP contribution < -0.4 is 9.50 Å². The van der Waals surface area contributed by atoms with Gasteiger partial charge in [0.2, 0.25) is 0 Å². The zero-order valence-electron chi connectivity index (χ0n) is 21.5. The van der Waals surface area contributed by atoms with Crippen LogP contribution in [0.25, 0.3) is 0 Å². The Kier molecular flexibility index (Phi) is 6.90. The van der Waals surface area contributed by atoms with Gasteiger partial charge in [0.15, 0.2) is 0 Å². The van der Waals surface area contributed by atoms with Crippen LogP contribution in [0, 0.1) is 17.8 Å². The standard InChI is InChI=1S/C28H33F3N2O4S/c1-18(2)33(26(34)32-27-14-20-10-21(15-27)12-22(11-20)16-27)17-19-6-8-24(9-7-19)37-38(35,36)25-5-3-4-23(13-25)28(29,30)31/h3-9,13,18,20-22H,10-12,14-17H2,1-2H3,(H,32,34). The van der Waals surface area contributed by atoms with Crippen LogP contribution in [-0.2, 0) is 22.8 Å². The fraction of sp³-hybridized carbons (Fsp3) is 0.536. The van der Waals surface area contributed by atoms with Crippen LogP contribution in [0.5, 0.6) is 5.75 Å². The summed E-state index contributed by atoms with van der Waals surface area (Å²) in [4.78, 5) is 14.6. The van der Waals surface area contributed by atoms with Gasteiger partial charge in [-0.25, -0.2) is 4.79 Å². The van der Waals surface area contributed by atoms with Crippen molar-refractivity contribution in [2.24, 2.45) is 17.8 Å². The number of hydrogen-bond donors (Lipinski definition) is 1. The Balaban J connectivity index is 1.25. The molecule has 0 aliphatic heterocycles. The maximum Gasteiger partial charge on any atom is 0.416 e. The van der Waals surface area contributed by atoms with Crippen molar-refractivity contribution in [3.8, 4) is 5.75 Å². The molecule has 2 aromatic carbocycles. The third kappa shape index (κ3) is 5.65. The molecule has 4 bridgehead atoms. The Bertz CT molecular complexity index is 1260. The van der Waals surface area contributed by atoms with Gasteiger partial charge < -0.3 is 14.4 Å². The van der Waals surface area contributed by atoms with Gasteiger partial charge in [0, 0.05) is 18.1 Å². The summed E-state index contributed by atoms with van der Waals surface area (Å²) in [5.74, 6) is 2.12. The van der Waals surface area contributed by atoms with Crippen molar-refractivity contribution in [1.29, 1.82) is 0 Å². The number of alkyl halides is 3. The average Bonchev–Trinajstić information content (AvgIpc) is 2.81. The summed E-state index contributed by atoms with van der Waals surface area (Å²) in [5.41, 5.74) is -0.393. The maximum atomic E-state index is 13.4. The van der Waals surface area contributed by atoms with Gasteiger partial charge in [-0.1, -0.05) is 18.2 Å². The Morgan fingerprint density at radius 3 is 2.13 bits per heavy atom. The van der Waals surface area contributed by atoms with E-state index >= 15 is 0 Å². The summed E-state index contributed by atoms with van der Waals surface area (Å²) < 4.78 is 69.2. The molecule has 0 spiro atoms. The Morgan fingerprint density at radius 2 is 1.61 bits per heavy atom. The molecule has 0 aromatic heterocycles. The average molecular weight is 551 g/mol. The van der Waals surface area contributed by atoms with Crippen molar-refractivity contribution in [3.63, 3.8) is 0 Å². The van der Waals surface area contributed by atoms with E-state index in [1.54, 1.807) is 17.0 Å². The molecule has 0 atom stereocenters. The molecule has 2 amide bonds. The van der Waals surface area contributed by atoms with Crippen molar-refractivity contribution in [2.45, 2.75) is 81.6 Å². The van der Waals surface area contributed by atoms with Gasteiger partial charge in [-0.2, -0.15) is 21.6 Å². The third-order valence-electron chi connectivity index (χ3n) is 8.23. The molecular weight excluding hydrogens is 517 g/mol. The number of halogens is 3. The molecule has 6 nitrogen and oxygen atoms in total. The SMILES string of the molecule is CC(C)N(Cc1ccc(OS(=O)(=O)c2cccc(C(F)(F)F)c2)cc1)C(=O)NC12CC3CC(CC(C3)C1)C2. The Labute approximate surface area is 221 Å². The summed E-state index contributed by atoms with van der Waals surface area (Å²) >= 11 is 0. The van der Waals surface area contributed by atoms with E-state index in [4.69, 9.17) is 4.18 Å². The molecule has 206 valence electrons. The Morgan fingerprint density at radius 1 is 1.03 bits per heavy atom. The first-order valence-electron chi connectivity index (χ1n) is 13.1. The molecule has 4 saturated carbocycles. The minimum absolute atomic E-state index is 0.0275. The molecule has 2 aromatic rings. The van der Waals surface area contributed by atoms with Crippen LogP contribution in [0.2, 0.25) is 0 Å². The number of carbonyl (C=O) groups is 1. The van der Waals surface area contributed by atoms with Crippen LogP contribution in [0.4, 0.5) is 18.0 Å². The van der Waals surface area contributed by atoms with Crippen LogP contribution in [-0.4, -0.2) is 30.9 Å². The smallest absolute Gasteiger partial charge is 0.379 e. The molecule has 38 heavy (non-hydrogen) atoms. The molecule has 4 aliphatic carbocycles. The van der Waals surface area contributed by atoms with Crippen LogP contribution in [0.1, 0.15) is 63.5 Å². The zero-order valence-corrected chi connectivity index (χ0v) is 22.3. The predicted octanol–water partition coefficient (Wildman–Crippen LogP) is 6.36. The van der Waals surface area contributed by atoms with Gasteiger partial charge in [0.05, 0.1) is 5.56 Å². The summed E-state index contributed by atoms with van der Waals surface area (Å²) in [5, 5.41) is 3.40. The van der Waals surface area contributed by atoms with Gasteiger partial charge in [0.25, 0.3) is 0 Å². The lowest BCUT2D eigenvalue weighted by molar-refractivity contribution is -0.137. The number of urea groups is 1. The van der Waals surface area contributed by atoms with E-state index < -0.39 is 26.8 Å². The summed E-state index contributed by atoms with van der Waals surface area (Å²) in [7, 11) is -4.46. The first-order chi connectivity index (χ1) is 17.8. The minimum atomic E-state index is -4.67. The lowest BCUT2D eigenvalue weighted by atomic mass is 9.53. The highest BCUT2D eigenvalue weighted by molar-refractivity contribution is 7.87. The number of nitrogens with zero attached hydrogens (tertiary/aromatic N) is 1. The number of benzene rings is 2. The van der Waals surface area contributed by atoms with E-state index in [2.05, 4.69) is 5.32 Å². The number of nitrogens with one attached hydrogen (secondary N) is 1. The van der Waals surface area contributed by atoms with E-state index in [9.17, 15) is 26.4 Å². The normalized spacial score (nSPS) is 26.4. The molecule has 0 radical (unpaired) electrons. The van der Waals surface area contributed by atoms with E-state index in [1.807, 2.05) is 13.8 Å². The largest absolute Gasteiger partial charge is 0.416 e. The second-order valence-electron chi connectivity index (χ2n) is 11.6. The fourth-order valence-electron chi connectivity index (χ4n) is 6.90. The maximum absolute atomic E-state index is 13.4. The first-order valence-corrected chi connectivity index (χ1v) is 14.5. The lowest BCUT2D eigenvalue weighted by Crippen LogP contribution is -2.62. The van der Waals surface area contributed by atoms with Gasteiger partial charge in [-0.15, -0.1) is 0 Å². The van der Waals surface area contributed by atoms with Crippen LogP contribution in [0.3, 0.4) is 0 Å². The number of amides is 2. The first kappa shape index (κ1) is 26.8. The highest BCUT2D eigenvalue weighted by Gasteiger charge is 2.52. The molecular formula is C28H33F3N2O4S. The van der Waals surface area contributed by atoms with Crippen LogP contribution >= 0.6 is 0 Å². The quantitative estimate of drug-likeness (QED) is 0.407. The molecule has 0 unspecified atom stereocenters. The van der Waals surface area contributed by atoms with Gasteiger partial charge in [0.1, 0.15) is 10.6 Å². The second kappa shape index (κ2) is 9.77. The van der Waals surface area contributed by atoms with Crippen molar-refractivity contribution >= 4 is 16.1 Å². The fourth-order valence-corrected chi connectivity index (χ4v) is 7.88. The second-order valence-corrected chi connectivity index (χ2v) is 13.1. The molecule has 0 heterocycles. The van der Waals surface area contributed by atoms with E-state index in [0.717, 1.165) is 43.0 Å². The monoisotopic (exact) mass is 550 g/mol. The van der Waals surface area contributed by atoms with Crippen molar-refractivity contribution in [1.82, 2.24) is 10.2 Å². The topological polar surface area (TPSA) is 75.7 Å².